The van der Waals surface area contributed by atoms with E-state index >= 15 is 0 Å². The van der Waals surface area contributed by atoms with Gasteiger partial charge in [0.15, 0.2) is 0 Å². The molecule has 4 nitrogen and oxygen atoms in total. The summed E-state index contributed by atoms with van der Waals surface area (Å²) in [5.41, 5.74) is 2.71. The predicted octanol–water partition coefficient (Wildman–Crippen LogP) is 8.13. The largest absolute Gasteiger partial charge is 0.487 e. The highest BCUT2D eigenvalue weighted by atomic mass is 16.6. The van der Waals surface area contributed by atoms with Crippen molar-refractivity contribution in [3.63, 3.8) is 0 Å². The highest BCUT2D eigenvalue weighted by molar-refractivity contribution is 5.69. The molecule has 4 heteroatoms. The van der Waals surface area contributed by atoms with E-state index in [-0.39, 0.29) is 18.7 Å². The number of carbonyl (C=O) groups excluding carboxylic acids is 1. The Bertz CT molecular complexity index is 848. The molecule has 0 amide bonds. The molecule has 0 heterocycles. The Hall–Kier alpha value is -2.33. The zero-order valence-electron chi connectivity index (χ0n) is 24.1. The van der Waals surface area contributed by atoms with Crippen LogP contribution in [0.5, 0.6) is 5.75 Å². The Morgan fingerprint density at radius 3 is 2.11 bits per heavy atom. The van der Waals surface area contributed by atoms with Crippen LogP contribution in [0.1, 0.15) is 95.6 Å². The van der Waals surface area contributed by atoms with E-state index in [1.54, 1.807) is 0 Å². The van der Waals surface area contributed by atoms with Crippen molar-refractivity contribution in [3.8, 4) is 5.75 Å². The van der Waals surface area contributed by atoms with E-state index in [4.69, 9.17) is 9.47 Å². The lowest BCUT2D eigenvalue weighted by molar-refractivity contribution is -0.903. The molecular weight excluding hydrogens is 458 g/mol. The van der Waals surface area contributed by atoms with Crippen LogP contribution in [0.25, 0.3) is 0 Å². The molecule has 0 saturated carbocycles. The van der Waals surface area contributed by atoms with E-state index in [1.807, 2.05) is 19.1 Å². The minimum Gasteiger partial charge on any atom is -0.487 e. The number of quaternary nitrogens is 1. The van der Waals surface area contributed by atoms with Crippen molar-refractivity contribution in [1.29, 1.82) is 0 Å². The first-order valence-electron chi connectivity index (χ1n) is 14.6. The van der Waals surface area contributed by atoms with Crippen molar-refractivity contribution in [3.05, 3.63) is 65.7 Å². The highest BCUT2D eigenvalue weighted by Crippen LogP contribution is 2.17. The molecule has 206 valence electrons. The van der Waals surface area contributed by atoms with Gasteiger partial charge in [0.25, 0.3) is 0 Å². The zero-order valence-corrected chi connectivity index (χ0v) is 24.1. The van der Waals surface area contributed by atoms with Crippen LogP contribution in [0.2, 0.25) is 0 Å². The van der Waals surface area contributed by atoms with E-state index < -0.39 is 0 Å². The van der Waals surface area contributed by atoms with Gasteiger partial charge in [-0.15, -0.1) is 0 Å². The smallest absolute Gasteiger partial charge is 0.305 e. The summed E-state index contributed by atoms with van der Waals surface area (Å²) < 4.78 is 12.3. The maximum atomic E-state index is 12.2. The van der Waals surface area contributed by atoms with E-state index in [1.165, 1.54) is 62.5 Å². The van der Waals surface area contributed by atoms with Crippen LogP contribution in [-0.2, 0) is 22.5 Å². The topological polar surface area (TPSA) is 35.5 Å². The number of hydrogen-bond acceptors (Lipinski definition) is 3. The van der Waals surface area contributed by atoms with Crippen LogP contribution in [0.4, 0.5) is 0 Å². The Labute approximate surface area is 227 Å². The number of hydrogen-bond donors (Lipinski definition) is 0. The number of ether oxygens (including phenoxy) is 2. The van der Waals surface area contributed by atoms with Crippen molar-refractivity contribution in [2.24, 2.45) is 0 Å². The van der Waals surface area contributed by atoms with E-state index in [0.29, 0.717) is 6.42 Å². The second-order valence-corrected chi connectivity index (χ2v) is 11.2. The SMILES string of the molecule is CCCCCCCCCCc1ccc(OC(C)COC(=O)CCCC[N+](C)(C)Cc2ccccc2)cc1. The predicted molar refractivity (Wildman–Crippen MR) is 155 cm³/mol. The molecule has 0 saturated heterocycles. The Morgan fingerprint density at radius 1 is 0.784 bits per heavy atom. The summed E-state index contributed by atoms with van der Waals surface area (Å²) in [7, 11) is 4.49. The third-order valence-corrected chi connectivity index (χ3v) is 6.91. The molecule has 0 bridgehead atoms. The summed E-state index contributed by atoms with van der Waals surface area (Å²) in [4.78, 5) is 12.2. The zero-order chi connectivity index (χ0) is 26.8. The van der Waals surface area contributed by atoms with Gasteiger partial charge in [0, 0.05) is 12.0 Å². The van der Waals surface area contributed by atoms with Crippen LogP contribution in [0.15, 0.2) is 54.6 Å². The molecule has 0 fully saturated rings. The molecule has 0 radical (unpaired) electrons. The Balaban J connectivity index is 1.53. The fourth-order valence-corrected chi connectivity index (χ4v) is 4.71. The molecule has 0 aliphatic heterocycles. The Morgan fingerprint density at radius 2 is 1.43 bits per heavy atom. The monoisotopic (exact) mass is 510 g/mol. The van der Waals surface area contributed by atoms with Gasteiger partial charge in [-0.05, 0) is 50.3 Å². The van der Waals surface area contributed by atoms with Crippen LogP contribution >= 0.6 is 0 Å². The number of carbonyl (C=O) groups is 1. The minimum atomic E-state index is -0.163. The number of benzene rings is 2. The second kappa shape index (κ2) is 18.0. The maximum Gasteiger partial charge on any atom is 0.305 e. The lowest BCUT2D eigenvalue weighted by Crippen LogP contribution is -2.39. The van der Waals surface area contributed by atoms with Crippen LogP contribution in [-0.4, -0.2) is 43.8 Å². The molecule has 0 aromatic heterocycles. The molecule has 0 aliphatic carbocycles. The standard InChI is InChI=1S/C33H52NO3/c1-5-6-7-8-9-10-11-13-18-30-22-24-32(25-23-30)37-29(2)28-36-33(35)21-16-17-26-34(3,4)27-31-19-14-12-15-20-31/h12,14-15,19-20,22-25,29H,5-11,13,16-18,21,26-28H2,1-4H3/q+1. The summed E-state index contributed by atoms with van der Waals surface area (Å²) in [5, 5.41) is 0. The van der Waals surface area contributed by atoms with Gasteiger partial charge in [-0.2, -0.15) is 0 Å². The molecule has 2 aromatic rings. The first-order chi connectivity index (χ1) is 17.9. The van der Waals surface area contributed by atoms with Crippen LogP contribution in [0, 0.1) is 0 Å². The number of nitrogens with zero attached hydrogens (tertiary/aromatic N) is 1. The number of aryl methyl sites for hydroxylation is 1. The number of rotatable bonds is 20. The summed E-state index contributed by atoms with van der Waals surface area (Å²) in [6.45, 7) is 6.54. The van der Waals surface area contributed by atoms with Crippen LogP contribution < -0.4 is 4.74 Å². The van der Waals surface area contributed by atoms with Crippen molar-refractivity contribution in [1.82, 2.24) is 0 Å². The fourth-order valence-electron chi connectivity index (χ4n) is 4.71. The summed E-state index contributed by atoms with van der Waals surface area (Å²) in [6, 6.07) is 19.0. The van der Waals surface area contributed by atoms with Crippen molar-refractivity contribution < 1.29 is 18.8 Å². The molecule has 0 N–H and O–H groups in total. The average molecular weight is 511 g/mol. The number of esters is 1. The molecule has 37 heavy (non-hydrogen) atoms. The van der Waals surface area contributed by atoms with Crippen LogP contribution in [0.3, 0.4) is 0 Å². The van der Waals surface area contributed by atoms with Gasteiger partial charge in [-0.3, -0.25) is 4.79 Å². The third-order valence-electron chi connectivity index (χ3n) is 6.91. The summed E-state index contributed by atoms with van der Waals surface area (Å²) in [6.07, 6.45) is 14.1. The summed E-state index contributed by atoms with van der Waals surface area (Å²) >= 11 is 0. The van der Waals surface area contributed by atoms with Gasteiger partial charge in [0.2, 0.25) is 0 Å². The van der Waals surface area contributed by atoms with E-state index in [2.05, 4.69) is 63.5 Å². The quantitative estimate of drug-likeness (QED) is 0.102. The molecule has 2 aromatic carbocycles. The molecule has 1 unspecified atom stereocenters. The van der Waals surface area contributed by atoms with E-state index in [9.17, 15) is 4.79 Å². The lowest BCUT2D eigenvalue weighted by atomic mass is 10.0. The fraction of sp³-hybridized carbons (Fsp3) is 0.606. The lowest BCUT2D eigenvalue weighted by Gasteiger charge is -2.30. The first kappa shape index (κ1) is 30.9. The molecule has 2 rings (SSSR count). The average Bonchev–Trinajstić information content (AvgIpc) is 2.88. The molecular formula is C33H52NO3+. The van der Waals surface area contributed by atoms with Crippen molar-refractivity contribution in [2.45, 2.75) is 104 Å². The van der Waals surface area contributed by atoms with Gasteiger partial charge in [-0.25, -0.2) is 0 Å². The molecule has 1 atom stereocenters. The van der Waals surface area contributed by atoms with E-state index in [0.717, 1.165) is 42.6 Å². The third kappa shape index (κ3) is 14.9. The molecule has 0 spiro atoms. The van der Waals surface area contributed by atoms with Gasteiger partial charge in [-0.1, -0.05) is 94.3 Å². The number of unbranched alkanes of at least 4 members (excludes halogenated alkanes) is 8. The van der Waals surface area contributed by atoms with Crippen molar-refractivity contribution >= 4 is 5.97 Å². The summed E-state index contributed by atoms with van der Waals surface area (Å²) in [5.74, 6) is 0.700. The Kier molecular flexibility index (Phi) is 15.0. The van der Waals surface area contributed by atoms with Crippen molar-refractivity contribution in [2.75, 3.05) is 27.2 Å². The first-order valence-corrected chi connectivity index (χ1v) is 14.6. The van der Waals surface area contributed by atoms with Gasteiger partial charge < -0.3 is 14.0 Å². The van der Waals surface area contributed by atoms with Gasteiger partial charge >= 0.3 is 5.97 Å². The molecule has 0 aliphatic rings. The van der Waals surface area contributed by atoms with Gasteiger partial charge in [0.05, 0.1) is 20.6 Å². The van der Waals surface area contributed by atoms with Gasteiger partial charge in [0.1, 0.15) is 25.0 Å². The highest BCUT2D eigenvalue weighted by Gasteiger charge is 2.16. The second-order valence-electron chi connectivity index (χ2n) is 11.2. The maximum absolute atomic E-state index is 12.2. The minimum absolute atomic E-state index is 0.135. The normalized spacial score (nSPS) is 12.3.